The fraction of sp³-hybridized carbons (Fsp3) is 0.333. The first-order valence-corrected chi connectivity index (χ1v) is 10.7. The molecule has 2 N–H and O–H groups in total. The number of morpholine rings is 1. The van der Waals surface area contributed by atoms with Crippen LogP contribution in [0.25, 0.3) is 0 Å². The van der Waals surface area contributed by atoms with Crippen molar-refractivity contribution in [2.75, 3.05) is 38.3 Å². The second-order valence-corrected chi connectivity index (χ2v) is 7.52. The lowest BCUT2D eigenvalue weighted by molar-refractivity contribution is 0.122. The van der Waals surface area contributed by atoms with E-state index in [1.807, 2.05) is 16.9 Å². The molecule has 4 rings (SSSR count). The molecule has 3 aromatic rings. The predicted octanol–water partition coefficient (Wildman–Crippen LogP) is 3.25. The Morgan fingerprint density at radius 3 is 2.38 bits per heavy atom. The molecule has 0 unspecified atom stereocenters. The highest BCUT2D eigenvalue weighted by atomic mass is 127. The van der Waals surface area contributed by atoms with Crippen LogP contribution in [0.5, 0.6) is 0 Å². The second kappa shape index (κ2) is 12.4. The number of hydrogen-bond donors (Lipinski definition) is 2. The minimum absolute atomic E-state index is 0. The van der Waals surface area contributed by atoms with Gasteiger partial charge in [-0.25, -0.2) is 0 Å². The number of benzene rings is 2. The van der Waals surface area contributed by atoms with Crippen molar-refractivity contribution in [3.05, 3.63) is 83.7 Å². The number of aromatic nitrogens is 2. The summed E-state index contributed by atoms with van der Waals surface area (Å²) in [5.74, 6) is 0.783. The zero-order chi connectivity index (χ0) is 21.3. The van der Waals surface area contributed by atoms with Crippen LogP contribution in [0, 0.1) is 0 Å². The lowest BCUT2D eigenvalue weighted by Gasteiger charge is -2.28. The molecule has 0 aliphatic carbocycles. The lowest BCUT2D eigenvalue weighted by atomic mass is 10.1. The maximum atomic E-state index is 5.43. The molecule has 32 heavy (non-hydrogen) atoms. The molecule has 1 fully saturated rings. The molecule has 1 aliphatic heterocycles. The van der Waals surface area contributed by atoms with Gasteiger partial charge in [-0.2, -0.15) is 5.10 Å². The van der Waals surface area contributed by atoms with E-state index in [1.54, 1.807) is 13.2 Å². The van der Waals surface area contributed by atoms with Crippen molar-refractivity contribution in [1.29, 1.82) is 0 Å². The average Bonchev–Trinajstić information content (AvgIpc) is 3.34. The van der Waals surface area contributed by atoms with Gasteiger partial charge in [-0.15, -0.1) is 24.0 Å². The summed E-state index contributed by atoms with van der Waals surface area (Å²) in [6.07, 6.45) is 3.79. The van der Waals surface area contributed by atoms with Gasteiger partial charge < -0.3 is 20.3 Å². The number of nitrogens with zero attached hydrogens (tertiary/aromatic N) is 4. The van der Waals surface area contributed by atoms with Crippen LogP contribution >= 0.6 is 24.0 Å². The molecular weight excluding hydrogens is 515 g/mol. The zero-order valence-electron chi connectivity index (χ0n) is 18.4. The van der Waals surface area contributed by atoms with Crippen molar-refractivity contribution < 1.29 is 4.74 Å². The monoisotopic (exact) mass is 546 g/mol. The number of guanidine groups is 1. The van der Waals surface area contributed by atoms with Gasteiger partial charge in [0.05, 0.1) is 19.8 Å². The molecular formula is C24H31IN6O. The third-order valence-electron chi connectivity index (χ3n) is 5.45. The Balaban J connectivity index is 0.00000289. The maximum Gasteiger partial charge on any atom is 0.191 e. The third-order valence-corrected chi connectivity index (χ3v) is 5.45. The highest BCUT2D eigenvalue weighted by Gasteiger charge is 2.11. The minimum Gasteiger partial charge on any atom is -0.378 e. The van der Waals surface area contributed by atoms with Gasteiger partial charge in [0.1, 0.15) is 0 Å². The van der Waals surface area contributed by atoms with Gasteiger partial charge in [0.2, 0.25) is 0 Å². The highest BCUT2D eigenvalue weighted by molar-refractivity contribution is 14.0. The first kappa shape index (κ1) is 24.1. The summed E-state index contributed by atoms with van der Waals surface area (Å²) in [5, 5.41) is 11.1. The topological polar surface area (TPSA) is 66.7 Å². The third kappa shape index (κ3) is 6.70. The number of rotatable bonds is 7. The van der Waals surface area contributed by atoms with Crippen molar-refractivity contribution >= 4 is 35.6 Å². The molecule has 8 heteroatoms. The number of halogens is 1. The first-order chi connectivity index (χ1) is 15.3. The molecule has 0 bridgehead atoms. The second-order valence-electron chi connectivity index (χ2n) is 7.52. The lowest BCUT2D eigenvalue weighted by Crippen LogP contribution is -2.37. The van der Waals surface area contributed by atoms with Gasteiger partial charge in [0, 0.05) is 51.3 Å². The van der Waals surface area contributed by atoms with Gasteiger partial charge in [-0.1, -0.05) is 36.4 Å². The van der Waals surface area contributed by atoms with Gasteiger partial charge in [0.15, 0.2) is 5.96 Å². The molecule has 0 amide bonds. The fourth-order valence-electron chi connectivity index (χ4n) is 3.68. The van der Waals surface area contributed by atoms with Gasteiger partial charge >= 0.3 is 0 Å². The van der Waals surface area contributed by atoms with Gasteiger partial charge in [0.25, 0.3) is 0 Å². The van der Waals surface area contributed by atoms with E-state index >= 15 is 0 Å². The summed E-state index contributed by atoms with van der Waals surface area (Å²) < 4.78 is 7.37. The highest BCUT2D eigenvalue weighted by Crippen LogP contribution is 2.16. The number of hydrogen-bond acceptors (Lipinski definition) is 4. The molecule has 0 spiro atoms. The summed E-state index contributed by atoms with van der Waals surface area (Å²) in [6, 6.07) is 19.1. The summed E-state index contributed by atoms with van der Waals surface area (Å²) >= 11 is 0. The van der Waals surface area contributed by atoms with Crippen molar-refractivity contribution in [2.24, 2.45) is 4.99 Å². The summed E-state index contributed by atoms with van der Waals surface area (Å²) in [7, 11) is 1.80. The van der Waals surface area contributed by atoms with E-state index in [2.05, 4.69) is 74.2 Å². The number of ether oxygens (including phenoxy) is 1. The summed E-state index contributed by atoms with van der Waals surface area (Å²) in [5.41, 5.74) is 4.95. The van der Waals surface area contributed by atoms with Crippen molar-refractivity contribution in [3.63, 3.8) is 0 Å². The van der Waals surface area contributed by atoms with Crippen LogP contribution in [-0.2, 0) is 24.4 Å². The number of nitrogens with one attached hydrogen (secondary N) is 2. The Labute approximate surface area is 206 Å². The average molecular weight is 546 g/mol. The first-order valence-electron chi connectivity index (χ1n) is 10.7. The van der Waals surface area contributed by atoms with E-state index in [0.717, 1.165) is 45.4 Å². The van der Waals surface area contributed by atoms with Crippen LogP contribution in [0.15, 0.2) is 72.0 Å². The van der Waals surface area contributed by atoms with E-state index in [-0.39, 0.29) is 24.0 Å². The molecule has 1 aliphatic rings. The van der Waals surface area contributed by atoms with Crippen LogP contribution in [-0.4, -0.2) is 49.1 Å². The van der Waals surface area contributed by atoms with E-state index in [1.165, 1.54) is 22.4 Å². The Morgan fingerprint density at radius 2 is 1.69 bits per heavy atom. The van der Waals surface area contributed by atoms with Crippen molar-refractivity contribution in [2.45, 2.75) is 19.6 Å². The van der Waals surface area contributed by atoms with E-state index in [0.29, 0.717) is 6.54 Å². The van der Waals surface area contributed by atoms with Crippen LogP contribution in [0.1, 0.15) is 16.7 Å². The quantitative estimate of drug-likeness (QED) is 0.271. The molecule has 2 heterocycles. The molecule has 0 atom stereocenters. The SMILES string of the molecule is CN=C(NCc1ccc(N2CCOCC2)cc1)NCc1ccccc1Cn1cccn1.I. The Hall–Kier alpha value is -2.59. The van der Waals surface area contributed by atoms with E-state index in [4.69, 9.17) is 4.74 Å². The Kier molecular flexibility index (Phi) is 9.36. The molecule has 1 saturated heterocycles. The smallest absolute Gasteiger partial charge is 0.191 e. The predicted molar refractivity (Wildman–Crippen MR) is 140 cm³/mol. The van der Waals surface area contributed by atoms with E-state index in [9.17, 15) is 0 Å². The van der Waals surface area contributed by atoms with Crippen LogP contribution < -0.4 is 15.5 Å². The van der Waals surface area contributed by atoms with Crippen molar-refractivity contribution in [1.82, 2.24) is 20.4 Å². The normalized spacial score (nSPS) is 14.0. The van der Waals surface area contributed by atoms with Crippen LogP contribution in [0.4, 0.5) is 5.69 Å². The molecule has 1 aromatic heterocycles. The van der Waals surface area contributed by atoms with E-state index < -0.39 is 0 Å². The molecule has 170 valence electrons. The van der Waals surface area contributed by atoms with Gasteiger partial charge in [-0.05, 0) is 34.9 Å². The Bertz CT molecular complexity index is 968. The number of anilines is 1. The van der Waals surface area contributed by atoms with Gasteiger partial charge in [-0.3, -0.25) is 9.67 Å². The number of aliphatic imine (C=N–C) groups is 1. The standard InChI is InChI=1S/C24H30N6O.HI/c1-25-24(26-17-20-7-9-23(10-8-20)29-13-15-31-16-14-29)27-18-21-5-2-3-6-22(21)19-30-12-4-11-28-30;/h2-12H,13-19H2,1H3,(H2,25,26,27);1H. The Morgan fingerprint density at radius 1 is 0.969 bits per heavy atom. The van der Waals surface area contributed by atoms with Crippen LogP contribution in [0.3, 0.4) is 0 Å². The fourth-order valence-corrected chi connectivity index (χ4v) is 3.68. The largest absolute Gasteiger partial charge is 0.378 e. The van der Waals surface area contributed by atoms with Crippen molar-refractivity contribution in [3.8, 4) is 0 Å². The minimum atomic E-state index is 0. The maximum absolute atomic E-state index is 5.43. The zero-order valence-corrected chi connectivity index (χ0v) is 20.7. The molecule has 2 aromatic carbocycles. The molecule has 0 radical (unpaired) electrons. The summed E-state index contributed by atoms with van der Waals surface area (Å²) in [4.78, 5) is 6.73. The van der Waals surface area contributed by atoms with Crippen LogP contribution in [0.2, 0.25) is 0 Å². The molecule has 7 nitrogen and oxygen atoms in total. The summed E-state index contributed by atoms with van der Waals surface area (Å²) in [6.45, 7) is 5.69. The molecule has 0 saturated carbocycles.